The molecule has 96 valence electrons. The Hall–Kier alpha value is -1.04. The highest BCUT2D eigenvalue weighted by Crippen LogP contribution is 2.31. The molecule has 0 radical (unpaired) electrons. The zero-order valence-electron chi connectivity index (χ0n) is 9.91. The second-order valence-corrected chi connectivity index (χ2v) is 5.25. The Labute approximate surface area is 114 Å². The van der Waals surface area contributed by atoms with Gasteiger partial charge in [-0.3, -0.25) is 0 Å². The van der Waals surface area contributed by atoms with Gasteiger partial charge in [0, 0.05) is 12.0 Å². The van der Waals surface area contributed by atoms with E-state index in [2.05, 4.69) is 15.5 Å². The highest BCUT2D eigenvalue weighted by Gasteiger charge is 2.12. The molecule has 1 aromatic carbocycles. The molecule has 0 bridgehead atoms. The number of nitrogens with one attached hydrogen (secondary N) is 1. The van der Waals surface area contributed by atoms with Crippen LogP contribution in [0, 0.1) is 5.82 Å². The number of hydrogen-bond donors (Lipinski definition) is 1. The van der Waals surface area contributed by atoms with Gasteiger partial charge in [-0.25, -0.2) is 4.39 Å². The summed E-state index contributed by atoms with van der Waals surface area (Å²) in [4.78, 5) is 0. The minimum atomic E-state index is -0.430. The van der Waals surface area contributed by atoms with E-state index in [9.17, 15) is 4.39 Å². The van der Waals surface area contributed by atoms with Gasteiger partial charge in [0.05, 0.1) is 5.02 Å². The summed E-state index contributed by atoms with van der Waals surface area (Å²) in [6.07, 6.45) is 1.87. The molecule has 0 fully saturated rings. The molecule has 18 heavy (non-hydrogen) atoms. The third-order valence-electron chi connectivity index (χ3n) is 2.47. The average molecular weight is 286 g/mol. The van der Waals surface area contributed by atoms with E-state index in [1.165, 1.54) is 17.4 Å². The first-order valence-corrected chi connectivity index (χ1v) is 6.83. The smallest absolute Gasteiger partial charge is 0.149 e. The molecule has 1 aromatic heterocycles. The first-order chi connectivity index (χ1) is 8.72. The molecule has 0 atom stereocenters. The van der Waals surface area contributed by atoms with Gasteiger partial charge in [0.15, 0.2) is 0 Å². The molecule has 0 aliphatic carbocycles. The summed E-state index contributed by atoms with van der Waals surface area (Å²) < 4.78 is 13.3. The molecule has 0 amide bonds. The molecule has 0 aliphatic heterocycles. The first kappa shape index (κ1) is 13.4. The van der Waals surface area contributed by atoms with Gasteiger partial charge in [0.1, 0.15) is 15.8 Å². The number of hydrogen-bond acceptors (Lipinski definition) is 4. The van der Waals surface area contributed by atoms with Crippen molar-refractivity contribution in [1.29, 1.82) is 0 Å². The van der Waals surface area contributed by atoms with Crippen molar-refractivity contribution in [1.82, 2.24) is 15.5 Å². The molecule has 2 aromatic rings. The highest BCUT2D eigenvalue weighted by molar-refractivity contribution is 7.14. The van der Waals surface area contributed by atoms with E-state index in [1.807, 2.05) is 7.05 Å². The lowest BCUT2D eigenvalue weighted by atomic mass is 10.2. The Morgan fingerprint density at radius 2 is 2.22 bits per heavy atom. The molecule has 2 rings (SSSR count). The summed E-state index contributed by atoms with van der Waals surface area (Å²) in [6.45, 7) is 0.940. The van der Waals surface area contributed by atoms with Crippen molar-refractivity contribution in [2.24, 2.45) is 0 Å². The Morgan fingerprint density at radius 1 is 1.39 bits per heavy atom. The Kier molecular flexibility index (Phi) is 4.63. The predicted octanol–water partition coefficient (Wildman–Crippen LogP) is 3.15. The Bertz CT molecular complexity index is 530. The average Bonchev–Trinajstić information content (AvgIpc) is 2.82. The van der Waals surface area contributed by atoms with E-state index in [0.717, 1.165) is 24.4 Å². The fourth-order valence-electron chi connectivity index (χ4n) is 1.55. The Morgan fingerprint density at radius 3 is 3.00 bits per heavy atom. The minimum Gasteiger partial charge on any atom is -0.320 e. The number of rotatable bonds is 5. The second-order valence-electron chi connectivity index (χ2n) is 3.81. The van der Waals surface area contributed by atoms with E-state index >= 15 is 0 Å². The van der Waals surface area contributed by atoms with Crippen LogP contribution in [0.25, 0.3) is 10.6 Å². The quantitative estimate of drug-likeness (QED) is 0.858. The summed E-state index contributed by atoms with van der Waals surface area (Å²) in [6, 6.07) is 4.71. The van der Waals surface area contributed by atoms with Gasteiger partial charge in [0.2, 0.25) is 0 Å². The summed E-state index contributed by atoms with van der Waals surface area (Å²) >= 11 is 7.38. The summed E-state index contributed by atoms with van der Waals surface area (Å²) in [5.41, 5.74) is 0.606. The van der Waals surface area contributed by atoms with Crippen LogP contribution in [0.2, 0.25) is 5.02 Å². The lowest BCUT2D eigenvalue weighted by Crippen LogP contribution is -2.08. The number of halogens is 2. The molecular formula is C12H13ClFN3S. The lowest BCUT2D eigenvalue weighted by molar-refractivity contribution is 0.628. The Balaban J connectivity index is 2.16. The van der Waals surface area contributed by atoms with Gasteiger partial charge < -0.3 is 5.32 Å². The largest absolute Gasteiger partial charge is 0.320 e. The van der Waals surface area contributed by atoms with Gasteiger partial charge in [-0.05, 0) is 26.1 Å². The third-order valence-corrected chi connectivity index (χ3v) is 3.87. The summed E-state index contributed by atoms with van der Waals surface area (Å²) in [7, 11) is 1.91. The van der Waals surface area contributed by atoms with E-state index in [0.29, 0.717) is 10.6 Å². The predicted molar refractivity (Wildman–Crippen MR) is 72.6 cm³/mol. The van der Waals surface area contributed by atoms with Gasteiger partial charge >= 0.3 is 0 Å². The van der Waals surface area contributed by atoms with E-state index in [1.54, 1.807) is 12.1 Å². The molecule has 0 spiro atoms. The maximum absolute atomic E-state index is 13.3. The monoisotopic (exact) mass is 285 g/mol. The van der Waals surface area contributed by atoms with Crippen LogP contribution in [0.15, 0.2) is 18.2 Å². The fraction of sp³-hybridized carbons (Fsp3) is 0.333. The van der Waals surface area contributed by atoms with Crippen LogP contribution in [-0.2, 0) is 6.42 Å². The van der Waals surface area contributed by atoms with E-state index < -0.39 is 5.82 Å². The fourth-order valence-corrected chi connectivity index (χ4v) is 2.73. The maximum atomic E-state index is 13.3. The van der Waals surface area contributed by atoms with Gasteiger partial charge in [0.25, 0.3) is 0 Å². The molecular weight excluding hydrogens is 273 g/mol. The zero-order chi connectivity index (χ0) is 13.0. The lowest BCUT2D eigenvalue weighted by Gasteiger charge is -1.99. The van der Waals surface area contributed by atoms with E-state index in [4.69, 9.17) is 11.6 Å². The molecule has 0 saturated carbocycles. The topological polar surface area (TPSA) is 37.8 Å². The minimum absolute atomic E-state index is 0.107. The first-order valence-electron chi connectivity index (χ1n) is 5.63. The third kappa shape index (κ3) is 3.04. The molecule has 3 nitrogen and oxygen atoms in total. The van der Waals surface area contributed by atoms with Gasteiger partial charge in [-0.2, -0.15) is 0 Å². The maximum Gasteiger partial charge on any atom is 0.149 e. The standard InChI is InChI=1S/C12H13ClFN3S/c1-15-7-3-6-10-16-17-12(18-10)8-4-2-5-9(14)11(8)13/h2,4-5,15H,3,6-7H2,1H3. The van der Waals surface area contributed by atoms with Crippen molar-refractivity contribution in [3.8, 4) is 10.6 Å². The molecule has 0 saturated heterocycles. The number of aromatic nitrogens is 2. The van der Waals surface area contributed by atoms with Crippen molar-refractivity contribution in [2.75, 3.05) is 13.6 Å². The van der Waals surface area contributed by atoms with Crippen LogP contribution in [-0.4, -0.2) is 23.8 Å². The van der Waals surface area contributed by atoms with Crippen LogP contribution in [0.1, 0.15) is 11.4 Å². The number of nitrogens with zero attached hydrogens (tertiary/aromatic N) is 2. The van der Waals surface area contributed by atoms with Crippen molar-refractivity contribution in [2.45, 2.75) is 12.8 Å². The van der Waals surface area contributed by atoms with E-state index in [-0.39, 0.29) is 5.02 Å². The highest BCUT2D eigenvalue weighted by atomic mass is 35.5. The molecule has 0 unspecified atom stereocenters. The number of aryl methyl sites for hydroxylation is 1. The van der Waals surface area contributed by atoms with Gasteiger partial charge in [-0.1, -0.05) is 35.1 Å². The van der Waals surface area contributed by atoms with Crippen LogP contribution in [0.4, 0.5) is 4.39 Å². The van der Waals surface area contributed by atoms with Crippen LogP contribution in [0.3, 0.4) is 0 Å². The molecule has 0 aliphatic rings. The van der Waals surface area contributed by atoms with Crippen molar-refractivity contribution >= 4 is 22.9 Å². The van der Waals surface area contributed by atoms with Crippen molar-refractivity contribution in [3.63, 3.8) is 0 Å². The van der Waals surface area contributed by atoms with Crippen LogP contribution in [0.5, 0.6) is 0 Å². The van der Waals surface area contributed by atoms with Crippen LogP contribution < -0.4 is 5.32 Å². The summed E-state index contributed by atoms with van der Waals surface area (Å²) in [5.74, 6) is -0.430. The zero-order valence-corrected chi connectivity index (χ0v) is 11.5. The summed E-state index contributed by atoms with van der Waals surface area (Å²) in [5, 5.41) is 13.0. The van der Waals surface area contributed by atoms with Crippen LogP contribution >= 0.6 is 22.9 Å². The molecule has 1 N–H and O–H groups in total. The number of benzene rings is 1. The molecule has 1 heterocycles. The van der Waals surface area contributed by atoms with Gasteiger partial charge in [-0.15, -0.1) is 10.2 Å². The van der Waals surface area contributed by atoms with Crippen molar-refractivity contribution < 1.29 is 4.39 Å². The molecule has 6 heteroatoms. The van der Waals surface area contributed by atoms with Crippen molar-refractivity contribution in [3.05, 3.63) is 34.0 Å². The second kappa shape index (κ2) is 6.22. The SMILES string of the molecule is CNCCCc1nnc(-c2cccc(F)c2Cl)s1. The normalized spacial score (nSPS) is 10.8.